The van der Waals surface area contributed by atoms with Crippen molar-refractivity contribution in [2.24, 2.45) is 0 Å². The number of methoxy groups -OCH3 is 1. The number of nitriles is 1. The summed E-state index contributed by atoms with van der Waals surface area (Å²) < 4.78 is 5.22. The van der Waals surface area contributed by atoms with Gasteiger partial charge in [-0.2, -0.15) is 5.26 Å². The molecule has 0 aliphatic carbocycles. The fourth-order valence-electron chi connectivity index (χ4n) is 2.23. The molecule has 6 heteroatoms. The smallest absolute Gasteiger partial charge is 0.266 e. The number of ether oxygens (including phenoxy) is 1. The summed E-state index contributed by atoms with van der Waals surface area (Å²) in [5.41, 5.74) is 2.14. The van der Waals surface area contributed by atoms with E-state index in [2.05, 4.69) is 5.32 Å². The van der Waals surface area contributed by atoms with E-state index < -0.39 is 5.91 Å². The third kappa shape index (κ3) is 4.76. The molecule has 2 aromatic carbocycles. The zero-order valence-corrected chi connectivity index (χ0v) is 15.3. The summed E-state index contributed by atoms with van der Waals surface area (Å²) in [4.78, 5) is 12.4. The minimum absolute atomic E-state index is 0.0869. The first-order chi connectivity index (χ1) is 12.0. The molecule has 0 heterocycles. The molecule has 0 saturated heterocycles. The van der Waals surface area contributed by atoms with Gasteiger partial charge in [0.1, 0.15) is 17.4 Å². The van der Waals surface area contributed by atoms with E-state index in [1.165, 1.54) is 19.3 Å². The molecule has 128 valence electrons. The standard InChI is InChI=1S/C19H16Cl2N2O2/c1-3-12-4-6-16(7-5-12)23-19(24)14(11-22)8-13-9-15(20)10-17(21)18(13)25-2/h4-10H,3H2,1-2H3,(H,23,24)/b14-8+. The Hall–Kier alpha value is -2.48. The molecule has 1 amide bonds. The average Bonchev–Trinajstić information content (AvgIpc) is 2.59. The number of benzene rings is 2. The molecule has 4 nitrogen and oxygen atoms in total. The van der Waals surface area contributed by atoms with Crippen LogP contribution in [0.5, 0.6) is 5.75 Å². The number of halogens is 2. The van der Waals surface area contributed by atoms with E-state index in [9.17, 15) is 10.1 Å². The van der Waals surface area contributed by atoms with Crippen LogP contribution in [0.3, 0.4) is 0 Å². The predicted molar refractivity (Wildman–Crippen MR) is 101 cm³/mol. The number of aryl methyl sites for hydroxylation is 1. The van der Waals surface area contributed by atoms with Gasteiger partial charge in [-0.15, -0.1) is 0 Å². The van der Waals surface area contributed by atoms with Crippen molar-refractivity contribution in [1.82, 2.24) is 0 Å². The normalized spacial score (nSPS) is 10.9. The molecule has 0 aromatic heterocycles. The van der Waals surface area contributed by atoms with Crippen molar-refractivity contribution in [3.63, 3.8) is 0 Å². The number of rotatable bonds is 5. The number of carbonyl (C=O) groups is 1. The van der Waals surface area contributed by atoms with Gasteiger partial charge in [-0.1, -0.05) is 42.3 Å². The van der Waals surface area contributed by atoms with Crippen molar-refractivity contribution in [3.8, 4) is 11.8 Å². The Labute approximate surface area is 156 Å². The van der Waals surface area contributed by atoms with Gasteiger partial charge in [0, 0.05) is 16.3 Å². The largest absolute Gasteiger partial charge is 0.495 e. The van der Waals surface area contributed by atoms with E-state index >= 15 is 0 Å². The Bertz CT molecular complexity index is 853. The number of nitrogens with one attached hydrogen (secondary N) is 1. The summed E-state index contributed by atoms with van der Waals surface area (Å²) in [5, 5.41) is 12.7. The molecule has 0 spiro atoms. The Morgan fingerprint density at radius 2 is 1.96 bits per heavy atom. The predicted octanol–water partition coefficient (Wildman–Crippen LogP) is 5.11. The lowest BCUT2D eigenvalue weighted by molar-refractivity contribution is -0.112. The van der Waals surface area contributed by atoms with E-state index in [4.69, 9.17) is 27.9 Å². The molecular formula is C19H16Cl2N2O2. The number of carbonyl (C=O) groups excluding carboxylic acids is 1. The first-order valence-electron chi connectivity index (χ1n) is 7.53. The second-order valence-electron chi connectivity index (χ2n) is 5.18. The molecule has 2 rings (SSSR count). The van der Waals surface area contributed by atoms with Crippen LogP contribution in [-0.2, 0) is 11.2 Å². The summed E-state index contributed by atoms with van der Waals surface area (Å²) in [5.74, 6) is -0.177. The van der Waals surface area contributed by atoms with E-state index in [1.54, 1.807) is 18.2 Å². The van der Waals surface area contributed by atoms with E-state index in [-0.39, 0.29) is 5.57 Å². The molecule has 0 bridgehead atoms. The van der Waals surface area contributed by atoms with E-state index in [0.29, 0.717) is 27.0 Å². The molecule has 0 atom stereocenters. The molecular weight excluding hydrogens is 359 g/mol. The monoisotopic (exact) mass is 374 g/mol. The fourth-order valence-corrected chi connectivity index (χ4v) is 2.82. The summed E-state index contributed by atoms with van der Waals surface area (Å²) >= 11 is 12.1. The maximum atomic E-state index is 12.4. The molecule has 1 N–H and O–H groups in total. The Morgan fingerprint density at radius 1 is 1.28 bits per heavy atom. The van der Waals surface area contributed by atoms with Gasteiger partial charge in [-0.05, 0) is 42.3 Å². The Morgan fingerprint density at radius 3 is 2.52 bits per heavy atom. The Kier molecular flexibility index (Phi) is 6.46. The van der Waals surface area contributed by atoms with Gasteiger partial charge in [-0.25, -0.2) is 0 Å². The van der Waals surface area contributed by atoms with Crippen molar-refractivity contribution >= 4 is 40.9 Å². The summed E-state index contributed by atoms with van der Waals surface area (Å²) in [6.07, 6.45) is 2.30. The lowest BCUT2D eigenvalue weighted by atomic mass is 10.1. The molecule has 0 aliphatic heterocycles. The lowest BCUT2D eigenvalue weighted by Gasteiger charge is -2.09. The van der Waals surface area contributed by atoms with Gasteiger partial charge in [0.15, 0.2) is 0 Å². The van der Waals surface area contributed by atoms with Gasteiger partial charge in [-0.3, -0.25) is 4.79 Å². The molecule has 0 radical (unpaired) electrons. The van der Waals surface area contributed by atoms with Crippen molar-refractivity contribution in [2.75, 3.05) is 12.4 Å². The number of hydrogen-bond acceptors (Lipinski definition) is 3. The fraction of sp³-hybridized carbons (Fsp3) is 0.158. The van der Waals surface area contributed by atoms with Crippen LogP contribution in [-0.4, -0.2) is 13.0 Å². The third-order valence-corrected chi connectivity index (χ3v) is 4.03. The third-order valence-electron chi connectivity index (χ3n) is 3.53. The lowest BCUT2D eigenvalue weighted by Crippen LogP contribution is -2.13. The summed E-state index contributed by atoms with van der Waals surface area (Å²) in [6, 6.07) is 12.4. The maximum absolute atomic E-state index is 12.4. The number of nitrogens with zero attached hydrogens (tertiary/aromatic N) is 1. The number of anilines is 1. The van der Waals surface area contributed by atoms with Gasteiger partial charge < -0.3 is 10.1 Å². The van der Waals surface area contributed by atoms with Crippen LogP contribution < -0.4 is 10.1 Å². The Balaban J connectivity index is 2.31. The van der Waals surface area contributed by atoms with Gasteiger partial charge >= 0.3 is 0 Å². The van der Waals surface area contributed by atoms with Crippen LogP contribution in [0.2, 0.25) is 10.0 Å². The highest BCUT2D eigenvalue weighted by molar-refractivity contribution is 6.36. The van der Waals surface area contributed by atoms with Crippen molar-refractivity contribution in [1.29, 1.82) is 5.26 Å². The molecule has 0 saturated carbocycles. The van der Waals surface area contributed by atoms with Gasteiger partial charge in [0.25, 0.3) is 5.91 Å². The molecule has 2 aromatic rings. The zero-order chi connectivity index (χ0) is 18.4. The molecule has 0 aliphatic rings. The van der Waals surface area contributed by atoms with Crippen molar-refractivity contribution in [3.05, 3.63) is 63.1 Å². The van der Waals surface area contributed by atoms with E-state index in [1.807, 2.05) is 25.1 Å². The molecule has 0 unspecified atom stereocenters. The highest BCUT2D eigenvalue weighted by Crippen LogP contribution is 2.33. The molecule has 25 heavy (non-hydrogen) atoms. The van der Waals surface area contributed by atoms with Crippen LogP contribution in [0.1, 0.15) is 18.1 Å². The molecule has 0 fully saturated rings. The average molecular weight is 375 g/mol. The van der Waals surface area contributed by atoms with E-state index in [0.717, 1.165) is 12.0 Å². The van der Waals surface area contributed by atoms with Crippen LogP contribution in [0.4, 0.5) is 5.69 Å². The van der Waals surface area contributed by atoms with Crippen molar-refractivity contribution in [2.45, 2.75) is 13.3 Å². The number of hydrogen-bond donors (Lipinski definition) is 1. The first-order valence-corrected chi connectivity index (χ1v) is 8.29. The van der Waals surface area contributed by atoms with Crippen LogP contribution in [0.25, 0.3) is 6.08 Å². The topological polar surface area (TPSA) is 62.1 Å². The highest BCUT2D eigenvalue weighted by Gasteiger charge is 2.14. The van der Waals surface area contributed by atoms with Crippen LogP contribution in [0, 0.1) is 11.3 Å². The van der Waals surface area contributed by atoms with Gasteiger partial charge in [0.2, 0.25) is 0 Å². The quantitative estimate of drug-likeness (QED) is 0.584. The highest BCUT2D eigenvalue weighted by atomic mass is 35.5. The minimum Gasteiger partial charge on any atom is -0.495 e. The van der Waals surface area contributed by atoms with Gasteiger partial charge in [0.05, 0.1) is 12.1 Å². The van der Waals surface area contributed by atoms with Crippen LogP contribution >= 0.6 is 23.2 Å². The first kappa shape index (κ1) is 18.9. The summed E-state index contributed by atoms with van der Waals surface area (Å²) in [6.45, 7) is 2.05. The van der Waals surface area contributed by atoms with Crippen molar-refractivity contribution < 1.29 is 9.53 Å². The maximum Gasteiger partial charge on any atom is 0.266 e. The second-order valence-corrected chi connectivity index (χ2v) is 6.03. The zero-order valence-electron chi connectivity index (χ0n) is 13.8. The SMILES string of the molecule is CCc1ccc(NC(=O)/C(C#N)=C/c2cc(Cl)cc(Cl)c2OC)cc1. The number of amides is 1. The summed E-state index contributed by atoms with van der Waals surface area (Å²) in [7, 11) is 1.45. The van der Waals surface area contributed by atoms with Crippen LogP contribution in [0.15, 0.2) is 42.0 Å². The second kappa shape index (κ2) is 8.57. The minimum atomic E-state index is -0.523.